The molecule has 158 valence electrons. The van der Waals surface area contributed by atoms with E-state index in [0.717, 1.165) is 0 Å². The van der Waals surface area contributed by atoms with Crippen LogP contribution < -0.4 is 16.0 Å². The van der Waals surface area contributed by atoms with Crippen molar-refractivity contribution in [1.29, 1.82) is 0 Å². The van der Waals surface area contributed by atoms with E-state index in [9.17, 15) is 22.8 Å². The molecule has 0 saturated carbocycles. The first-order valence-electron chi connectivity index (χ1n) is 8.91. The lowest BCUT2D eigenvalue weighted by Crippen LogP contribution is -2.57. The zero-order valence-corrected chi connectivity index (χ0v) is 16.4. The predicted molar refractivity (Wildman–Crippen MR) is 103 cm³/mol. The van der Waals surface area contributed by atoms with Crippen molar-refractivity contribution >= 4 is 24.2 Å². The van der Waals surface area contributed by atoms with Crippen molar-refractivity contribution in [3.8, 4) is 0 Å². The number of halogens is 4. The molecule has 0 aromatic heterocycles. The van der Waals surface area contributed by atoms with Crippen LogP contribution in [0.4, 0.5) is 13.2 Å². The van der Waals surface area contributed by atoms with Gasteiger partial charge < -0.3 is 16.0 Å². The molecule has 1 aromatic carbocycles. The molecule has 1 heterocycles. The van der Waals surface area contributed by atoms with Crippen LogP contribution in [0, 0.1) is 0 Å². The van der Waals surface area contributed by atoms with Gasteiger partial charge in [0.2, 0.25) is 5.91 Å². The molecule has 0 radical (unpaired) electrons. The van der Waals surface area contributed by atoms with E-state index in [-0.39, 0.29) is 37.8 Å². The number of benzene rings is 1. The molecule has 1 aliphatic rings. The highest BCUT2D eigenvalue weighted by Gasteiger charge is 2.43. The van der Waals surface area contributed by atoms with E-state index in [1.807, 2.05) is 0 Å². The van der Waals surface area contributed by atoms with E-state index in [2.05, 4.69) is 16.0 Å². The smallest absolute Gasteiger partial charge is 0.354 e. The van der Waals surface area contributed by atoms with Crippen LogP contribution in [0.3, 0.4) is 0 Å². The van der Waals surface area contributed by atoms with Crippen molar-refractivity contribution in [2.45, 2.75) is 31.6 Å². The van der Waals surface area contributed by atoms with Gasteiger partial charge in [-0.3, -0.25) is 14.5 Å². The highest BCUT2D eigenvalue weighted by molar-refractivity contribution is 5.94. The van der Waals surface area contributed by atoms with Crippen LogP contribution in [0.5, 0.6) is 0 Å². The van der Waals surface area contributed by atoms with Gasteiger partial charge in [0, 0.05) is 50.7 Å². The van der Waals surface area contributed by atoms with Gasteiger partial charge in [-0.05, 0) is 19.1 Å². The van der Waals surface area contributed by atoms with Crippen LogP contribution in [-0.2, 0) is 4.79 Å². The predicted octanol–water partition coefficient (Wildman–Crippen LogP) is 1.57. The van der Waals surface area contributed by atoms with Crippen LogP contribution in [0.25, 0.3) is 0 Å². The Morgan fingerprint density at radius 1 is 1.18 bits per heavy atom. The maximum atomic E-state index is 13.3. The number of hydrogen-bond acceptors (Lipinski definition) is 4. The number of piperazine rings is 1. The van der Waals surface area contributed by atoms with Crippen molar-refractivity contribution in [1.82, 2.24) is 20.9 Å². The number of rotatable bonds is 7. The second-order valence-electron chi connectivity index (χ2n) is 6.59. The molecule has 6 nitrogen and oxygen atoms in total. The Balaban J connectivity index is 0.00000392. The fourth-order valence-electron chi connectivity index (χ4n) is 2.95. The van der Waals surface area contributed by atoms with Crippen molar-refractivity contribution in [2.24, 2.45) is 0 Å². The van der Waals surface area contributed by atoms with E-state index in [1.165, 1.54) is 4.90 Å². The molecule has 1 saturated heterocycles. The molecular formula is C18H26ClF3N4O2. The lowest BCUT2D eigenvalue weighted by Gasteiger charge is -2.36. The number of alkyl halides is 3. The molecule has 0 spiro atoms. The second kappa shape index (κ2) is 11.2. The highest BCUT2D eigenvalue weighted by Crippen LogP contribution is 2.24. The number of carbonyl (C=O) groups excluding carboxylic acids is 2. The largest absolute Gasteiger partial charge is 0.405 e. The third-order valence-electron chi connectivity index (χ3n) is 4.37. The molecule has 3 N–H and O–H groups in total. The first-order valence-corrected chi connectivity index (χ1v) is 8.91. The summed E-state index contributed by atoms with van der Waals surface area (Å²) in [6.45, 7) is 2.68. The van der Waals surface area contributed by atoms with Gasteiger partial charge in [-0.1, -0.05) is 18.2 Å². The Kier molecular flexibility index (Phi) is 9.71. The third-order valence-corrected chi connectivity index (χ3v) is 4.37. The number of nitrogens with zero attached hydrogens (tertiary/aromatic N) is 1. The Labute approximate surface area is 168 Å². The minimum absolute atomic E-state index is 0. The average Bonchev–Trinajstić information content (AvgIpc) is 2.62. The normalized spacial score (nSPS) is 17.1. The van der Waals surface area contributed by atoms with Gasteiger partial charge in [0.1, 0.15) is 6.04 Å². The van der Waals surface area contributed by atoms with Gasteiger partial charge in [-0.15, -0.1) is 12.4 Å². The average molecular weight is 423 g/mol. The zero-order chi connectivity index (χ0) is 19.9. The Morgan fingerprint density at radius 3 is 2.36 bits per heavy atom. The van der Waals surface area contributed by atoms with Gasteiger partial charge in [0.25, 0.3) is 5.91 Å². The Morgan fingerprint density at radius 2 is 1.79 bits per heavy atom. The van der Waals surface area contributed by atoms with Gasteiger partial charge in [0.05, 0.1) is 0 Å². The summed E-state index contributed by atoms with van der Waals surface area (Å²) in [6, 6.07) is 6.30. The van der Waals surface area contributed by atoms with Crippen molar-refractivity contribution in [3.63, 3.8) is 0 Å². The van der Waals surface area contributed by atoms with Crippen molar-refractivity contribution in [3.05, 3.63) is 35.9 Å². The molecule has 2 amide bonds. The number of hydrogen-bond donors (Lipinski definition) is 3. The molecule has 10 heteroatoms. The molecular weight excluding hydrogens is 397 g/mol. The second-order valence-corrected chi connectivity index (χ2v) is 6.59. The van der Waals surface area contributed by atoms with Crippen molar-refractivity contribution < 1.29 is 22.8 Å². The summed E-state index contributed by atoms with van der Waals surface area (Å²) in [6.07, 6.45) is -4.51. The molecule has 1 aliphatic heterocycles. The van der Waals surface area contributed by atoms with Gasteiger partial charge in [-0.2, -0.15) is 13.2 Å². The van der Waals surface area contributed by atoms with Crippen LogP contribution in [-0.4, -0.2) is 67.7 Å². The monoisotopic (exact) mass is 422 g/mol. The van der Waals surface area contributed by atoms with E-state index in [0.29, 0.717) is 18.7 Å². The molecule has 2 rings (SSSR count). The summed E-state index contributed by atoms with van der Waals surface area (Å²) in [5, 5.41) is 8.03. The summed E-state index contributed by atoms with van der Waals surface area (Å²) in [7, 11) is 0. The SMILES string of the molecule is CC(CC(=O)NCC(N1CCNCC1)C(F)(F)F)NC(=O)c1ccccc1.Cl. The quantitative estimate of drug-likeness (QED) is 0.623. The first-order chi connectivity index (χ1) is 12.8. The Bertz CT molecular complexity index is 625. The number of carbonyl (C=O) groups is 2. The van der Waals surface area contributed by atoms with E-state index < -0.39 is 30.7 Å². The van der Waals surface area contributed by atoms with E-state index in [4.69, 9.17) is 0 Å². The van der Waals surface area contributed by atoms with Crippen LogP contribution >= 0.6 is 12.4 Å². The van der Waals surface area contributed by atoms with Gasteiger partial charge >= 0.3 is 6.18 Å². The summed E-state index contributed by atoms with van der Waals surface area (Å²) in [5.41, 5.74) is 0.459. The number of amides is 2. The Hall–Kier alpha value is -1.84. The molecule has 1 aromatic rings. The van der Waals surface area contributed by atoms with E-state index in [1.54, 1.807) is 37.3 Å². The minimum Gasteiger partial charge on any atom is -0.354 e. The fourth-order valence-corrected chi connectivity index (χ4v) is 2.95. The maximum absolute atomic E-state index is 13.3. The van der Waals surface area contributed by atoms with Crippen molar-refractivity contribution in [2.75, 3.05) is 32.7 Å². The van der Waals surface area contributed by atoms with Crippen LogP contribution in [0.1, 0.15) is 23.7 Å². The summed E-state index contributed by atoms with van der Waals surface area (Å²) < 4.78 is 39.9. The topological polar surface area (TPSA) is 73.5 Å². The van der Waals surface area contributed by atoms with Crippen LogP contribution in [0.2, 0.25) is 0 Å². The molecule has 2 atom stereocenters. The molecule has 2 unspecified atom stereocenters. The first kappa shape index (κ1) is 24.2. The maximum Gasteiger partial charge on any atom is 0.405 e. The highest BCUT2D eigenvalue weighted by atomic mass is 35.5. The summed E-state index contributed by atoms with van der Waals surface area (Å²) in [5.74, 6) is -0.856. The fraction of sp³-hybridized carbons (Fsp3) is 0.556. The molecule has 0 aliphatic carbocycles. The molecule has 0 bridgehead atoms. The van der Waals surface area contributed by atoms with Crippen LogP contribution in [0.15, 0.2) is 30.3 Å². The zero-order valence-electron chi connectivity index (χ0n) is 15.6. The summed E-state index contributed by atoms with van der Waals surface area (Å²) >= 11 is 0. The summed E-state index contributed by atoms with van der Waals surface area (Å²) in [4.78, 5) is 25.4. The number of nitrogens with one attached hydrogen (secondary N) is 3. The third kappa shape index (κ3) is 7.65. The standard InChI is InChI=1S/C18H25F3N4O2.ClH/c1-13(24-17(27)14-5-3-2-4-6-14)11-16(26)23-12-15(18(19,20)21)25-9-7-22-8-10-25;/h2-6,13,15,22H,7-12H2,1H3,(H,23,26)(H,24,27);1H. The molecule has 1 fully saturated rings. The van der Waals surface area contributed by atoms with E-state index >= 15 is 0 Å². The lowest BCUT2D eigenvalue weighted by molar-refractivity contribution is -0.184. The molecule has 28 heavy (non-hydrogen) atoms. The lowest BCUT2D eigenvalue weighted by atomic mass is 10.1. The minimum atomic E-state index is -4.42. The van der Waals surface area contributed by atoms with Gasteiger partial charge in [-0.25, -0.2) is 0 Å². The van der Waals surface area contributed by atoms with Gasteiger partial charge in [0.15, 0.2) is 0 Å².